The standard InChI is InChI=1S/C25H26O5/c26-19(12-11-17-7-3-1-4-8-17)13-14-20-21-15-24(27)29-23(21)16-22(20)30-25(28)18-9-5-2-6-10-18/h1-10,20-23H,11-16H2/t20-,21-,22-,23+/m1/s1. The van der Waals surface area contributed by atoms with Crippen molar-refractivity contribution >= 4 is 17.7 Å². The van der Waals surface area contributed by atoms with Crippen LogP contribution in [0.3, 0.4) is 0 Å². The minimum absolute atomic E-state index is 0.0213. The third-order valence-corrected chi connectivity index (χ3v) is 6.21. The topological polar surface area (TPSA) is 69.7 Å². The number of hydrogen-bond donors (Lipinski definition) is 0. The third kappa shape index (κ3) is 4.78. The fourth-order valence-corrected chi connectivity index (χ4v) is 4.65. The second-order valence-corrected chi connectivity index (χ2v) is 8.17. The molecule has 4 atom stereocenters. The summed E-state index contributed by atoms with van der Waals surface area (Å²) < 4.78 is 11.2. The Bertz CT molecular complexity index is 892. The zero-order valence-electron chi connectivity index (χ0n) is 16.9. The van der Waals surface area contributed by atoms with Gasteiger partial charge in [0.25, 0.3) is 0 Å². The van der Waals surface area contributed by atoms with Crippen molar-refractivity contribution < 1.29 is 23.9 Å². The van der Waals surface area contributed by atoms with Crippen LogP contribution in [0.2, 0.25) is 0 Å². The molecule has 2 aliphatic rings. The summed E-state index contributed by atoms with van der Waals surface area (Å²) in [6.07, 6.45) is 2.56. The van der Waals surface area contributed by atoms with Crippen molar-refractivity contribution in [2.24, 2.45) is 11.8 Å². The zero-order chi connectivity index (χ0) is 20.9. The summed E-state index contributed by atoms with van der Waals surface area (Å²) in [6, 6.07) is 18.8. The molecule has 0 N–H and O–H groups in total. The Morgan fingerprint density at radius 2 is 1.67 bits per heavy atom. The highest BCUT2D eigenvalue weighted by Crippen LogP contribution is 2.45. The van der Waals surface area contributed by atoms with E-state index in [0.29, 0.717) is 37.7 Å². The molecule has 2 fully saturated rings. The monoisotopic (exact) mass is 406 g/mol. The van der Waals surface area contributed by atoms with Gasteiger partial charge in [-0.1, -0.05) is 48.5 Å². The summed E-state index contributed by atoms with van der Waals surface area (Å²) in [5.74, 6) is -0.381. The fraction of sp³-hybridized carbons (Fsp3) is 0.400. The molecule has 0 bridgehead atoms. The number of carbonyl (C=O) groups is 3. The Labute approximate surface area is 176 Å². The number of aryl methyl sites for hydroxylation is 1. The first kappa shape index (κ1) is 20.3. The van der Waals surface area contributed by atoms with E-state index in [0.717, 1.165) is 12.0 Å². The quantitative estimate of drug-likeness (QED) is 0.616. The Hall–Kier alpha value is -2.95. The number of Topliss-reactive ketones (excluding diaryl/α,β-unsaturated/α-hetero) is 1. The maximum absolute atomic E-state index is 12.5. The molecular formula is C25H26O5. The Morgan fingerprint density at radius 1 is 0.967 bits per heavy atom. The molecule has 5 heteroatoms. The highest BCUT2D eigenvalue weighted by Gasteiger charge is 2.51. The largest absolute Gasteiger partial charge is 0.462 e. The maximum atomic E-state index is 12.5. The predicted molar refractivity (Wildman–Crippen MR) is 111 cm³/mol. The van der Waals surface area contributed by atoms with Gasteiger partial charge in [-0.25, -0.2) is 4.79 Å². The van der Waals surface area contributed by atoms with Crippen molar-refractivity contribution in [1.82, 2.24) is 0 Å². The number of ketones is 1. The van der Waals surface area contributed by atoms with E-state index in [-0.39, 0.29) is 41.8 Å². The number of esters is 2. The van der Waals surface area contributed by atoms with Gasteiger partial charge in [-0.15, -0.1) is 0 Å². The van der Waals surface area contributed by atoms with Crippen LogP contribution in [0.15, 0.2) is 60.7 Å². The van der Waals surface area contributed by atoms with Crippen LogP contribution < -0.4 is 0 Å². The van der Waals surface area contributed by atoms with Gasteiger partial charge in [-0.05, 0) is 30.5 Å². The Kier molecular flexibility index (Phi) is 6.26. The van der Waals surface area contributed by atoms with Crippen molar-refractivity contribution in [2.45, 2.75) is 50.7 Å². The minimum atomic E-state index is -0.368. The molecule has 5 nitrogen and oxygen atoms in total. The molecule has 30 heavy (non-hydrogen) atoms. The lowest BCUT2D eigenvalue weighted by Gasteiger charge is -2.23. The van der Waals surface area contributed by atoms with Crippen LogP contribution in [0, 0.1) is 11.8 Å². The van der Waals surface area contributed by atoms with Crippen molar-refractivity contribution in [3.63, 3.8) is 0 Å². The van der Waals surface area contributed by atoms with Crippen molar-refractivity contribution in [3.8, 4) is 0 Å². The van der Waals surface area contributed by atoms with Crippen LogP contribution in [-0.2, 0) is 25.5 Å². The van der Waals surface area contributed by atoms with Gasteiger partial charge in [0.15, 0.2) is 0 Å². The van der Waals surface area contributed by atoms with E-state index < -0.39 is 0 Å². The predicted octanol–water partition coefficient (Wildman–Crippen LogP) is 4.15. The second kappa shape index (κ2) is 9.24. The van der Waals surface area contributed by atoms with Gasteiger partial charge in [0, 0.05) is 31.1 Å². The van der Waals surface area contributed by atoms with Gasteiger partial charge in [0.1, 0.15) is 18.0 Å². The molecule has 0 unspecified atom stereocenters. The second-order valence-electron chi connectivity index (χ2n) is 8.17. The van der Waals surface area contributed by atoms with Gasteiger partial charge in [-0.3, -0.25) is 9.59 Å². The highest BCUT2D eigenvalue weighted by atomic mass is 16.6. The smallest absolute Gasteiger partial charge is 0.338 e. The zero-order valence-corrected chi connectivity index (χ0v) is 16.9. The van der Waals surface area contributed by atoms with E-state index >= 15 is 0 Å². The lowest BCUT2D eigenvalue weighted by molar-refractivity contribution is -0.141. The van der Waals surface area contributed by atoms with Crippen LogP contribution in [-0.4, -0.2) is 29.9 Å². The lowest BCUT2D eigenvalue weighted by atomic mass is 9.87. The van der Waals surface area contributed by atoms with Crippen LogP contribution in [0.5, 0.6) is 0 Å². The van der Waals surface area contributed by atoms with Crippen LogP contribution >= 0.6 is 0 Å². The maximum Gasteiger partial charge on any atom is 0.338 e. The molecule has 1 heterocycles. The number of hydrogen-bond acceptors (Lipinski definition) is 5. The molecule has 0 spiro atoms. The SMILES string of the molecule is O=C(CCc1ccccc1)CC[C@@H]1[C@H]2CC(=O)O[C@H]2C[C@H]1OC(=O)c1ccccc1. The van der Waals surface area contributed by atoms with Gasteiger partial charge in [0.2, 0.25) is 0 Å². The van der Waals surface area contributed by atoms with E-state index in [1.165, 1.54) is 0 Å². The molecule has 2 aromatic rings. The summed E-state index contributed by atoms with van der Waals surface area (Å²) in [7, 11) is 0. The van der Waals surface area contributed by atoms with Crippen LogP contribution in [0.4, 0.5) is 0 Å². The molecule has 1 aliphatic carbocycles. The molecule has 1 saturated carbocycles. The van der Waals surface area contributed by atoms with Crippen molar-refractivity contribution in [3.05, 3.63) is 71.8 Å². The van der Waals surface area contributed by atoms with E-state index in [1.54, 1.807) is 24.3 Å². The molecule has 4 rings (SSSR count). The molecule has 1 saturated heterocycles. The van der Waals surface area contributed by atoms with Gasteiger partial charge < -0.3 is 9.47 Å². The van der Waals surface area contributed by atoms with E-state index in [4.69, 9.17) is 9.47 Å². The first-order valence-corrected chi connectivity index (χ1v) is 10.6. The molecular weight excluding hydrogens is 380 g/mol. The number of fused-ring (bicyclic) bond motifs is 1. The summed E-state index contributed by atoms with van der Waals surface area (Å²) in [4.78, 5) is 36.8. The fourth-order valence-electron chi connectivity index (χ4n) is 4.65. The summed E-state index contributed by atoms with van der Waals surface area (Å²) in [5.41, 5.74) is 1.65. The average Bonchev–Trinajstić information content (AvgIpc) is 3.27. The van der Waals surface area contributed by atoms with E-state index in [9.17, 15) is 14.4 Å². The summed E-state index contributed by atoms with van der Waals surface area (Å²) >= 11 is 0. The first-order chi connectivity index (χ1) is 14.6. The van der Waals surface area contributed by atoms with Gasteiger partial charge in [0.05, 0.1) is 12.0 Å². The van der Waals surface area contributed by atoms with Crippen molar-refractivity contribution in [2.75, 3.05) is 0 Å². The van der Waals surface area contributed by atoms with Crippen LogP contribution in [0.25, 0.3) is 0 Å². The number of carbonyl (C=O) groups excluding carboxylic acids is 3. The molecule has 1 aliphatic heterocycles. The Balaban J connectivity index is 1.36. The minimum Gasteiger partial charge on any atom is -0.462 e. The first-order valence-electron chi connectivity index (χ1n) is 10.6. The molecule has 0 aromatic heterocycles. The highest BCUT2D eigenvalue weighted by molar-refractivity contribution is 5.89. The number of rotatable bonds is 8. The normalized spacial score (nSPS) is 24.9. The Morgan fingerprint density at radius 3 is 2.40 bits per heavy atom. The average molecular weight is 406 g/mol. The lowest BCUT2D eigenvalue weighted by Crippen LogP contribution is -2.26. The molecule has 0 radical (unpaired) electrons. The molecule has 156 valence electrons. The molecule has 2 aromatic carbocycles. The summed E-state index contributed by atoms with van der Waals surface area (Å²) in [5, 5.41) is 0. The van der Waals surface area contributed by atoms with Gasteiger partial charge in [-0.2, -0.15) is 0 Å². The summed E-state index contributed by atoms with van der Waals surface area (Å²) in [6.45, 7) is 0. The van der Waals surface area contributed by atoms with Gasteiger partial charge >= 0.3 is 11.9 Å². The van der Waals surface area contributed by atoms with E-state index in [1.807, 2.05) is 36.4 Å². The van der Waals surface area contributed by atoms with Crippen molar-refractivity contribution in [1.29, 1.82) is 0 Å². The van der Waals surface area contributed by atoms with E-state index in [2.05, 4.69) is 0 Å². The molecule has 0 amide bonds. The number of benzene rings is 2. The van der Waals surface area contributed by atoms with Crippen LogP contribution in [0.1, 0.15) is 48.0 Å². The number of ether oxygens (including phenoxy) is 2. The third-order valence-electron chi connectivity index (χ3n) is 6.21.